The zero-order chi connectivity index (χ0) is 16.2. The van der Waals surface area contributed by atoms with Crippen molar-refractivity contribution < 1.29 is 4.79 Å². The van der Waals surface area contributed by atoms with Crippen molar-refractivity contribution in [1.29, 1.82) is 0 Å². The fourth-order valence-corrected chi connectivity index (χ4v) is 3.14. The molecule has 1 aliphatic heterocycles. The number of hydrogen-bond acceptors (Lipinski definition) is 3. The molecule has 2 aromatic rings. The summed E-state index contributed by atoms with van der Waals surface area (Å²) in [7, 11) is 1.91. The van der Waals surface area contributed by atoms with Gasteiger partial charge in [-0.2, -0.15) is 5.10 Å². The number of nitrogens with one attached hydrogen (secondary N) is 1. The normalized spacial score (nSPS) is 18.3. The lowest BCUT2D eigenvalue weighted by molar-refractivity contribution is -0.122. The van der Waals surface area contributed by atoms with Crippen molar-refractivity contribution in [2.24, 2.45) is 7.05 Å². The highest BCUT2D eigenvalue weighted by Gasteiger charge is 2.24. The summed E-state index contributed by atoms with van der Waals surface area (Å²) in [4.78, 5) is 14.4. The molecule has 5 nitrogen and oxygen atoms in total. The fourth-order valence-electron chi connectivity index (χ4n) is 3.14. The Morgan fingerprint density at radius 1 is 1.35 bits per heavy atom. The maximum atomic E-state index is 12.2. The molecule has 1 aromatic heterocycles. The van der Waals surface area contributed by atoms with Crippen LogP contribution in [0, 0.1) is 6.92 Å². The van der Waals surface area contributed by atoms with Crippen molar-refractivity contribution in [1.82, 2.24) is 20.0 Å². The topological polar surface area (TPSA) is 50.2 Å². The number of carbonyl (C=O) groups excluding carboxylic acids is 1. The SMILES string of the molecule is Cc1c(CNC(=O)CN2CC[C@H](c3ccccc3)C2)cnn1C. The van der Waals surface area contributed by atoms with E-state index in [1.807, 2.05) is 30.9 Å². The highest BCUT2D eigenvalue weighted by atomic mass is 16.2. The summed E-state index contributed by atoms with van der Waals surface area (Å²) >= 11 is 0. The van der Waals surface area contributed by atoms with E-state index in [1.165, 1.54) is 5.56 Å². The molecule has 5 heteroatoms. The molecule has 0 unspecified atom stereocenters. The van der Waals surface area contributed by atoms with Gasteiger partial charge in [-0.3, -0.25) is 14.4 Å². The van der Waals surface area contributed by atoms with E-state index in [1.54, 1.807) is 0 Å². The highest BCUT2D eigenvalue weighted by molar-refractivity contribution is 5.78. The van der Waals surface area contributed by atoms with E-state index in [0.717, 1.165) is 30.8 Å². The Morgan fingerprint density at radius 2 is 2.13 bits per heavy atom. The lowest BCUT2D eigenvalue weighted by Crippen LogP contribution is -2.35. The van der Waals surface area contributed by atoms with Crippen molar-refractivity contribution in [2.45, 2.75) is 25.8 Å². The van der Waals surface area contributed by atoms with Crippen LogP contribution in [-0.4, -0.2) is 40.2 Å². The molecule has 23 heavy (non-hydrogen) atoms. The second-order valence-corrected chi connectivity index (χ2v) is 6.29. The zero-order valence-corrected chi connectivity index (χ0v) is 13.8. The summed E-state index contributed by atoms with van der Waals surface area (Å²) in [5.41, 5.74) is 3.54. The van der Waals surface area contributed by atoms with Crippen molar-refractivity contribution in [3.63, 3.8) is 0 Å². The number of nitrogens with zero attached hydrogens (tertiary/aromatic N) is 3. The van der Waals surface area contributed by atoms with Gasteiger partial charge in [-0.05, 0) is 31.4 Å². The molecule has 1 amide bonds. The van der Waals surface area contributed by atoms with Crippen molar-refractivity contribution in [2.75, 3.05) is 19.6 Å². The second kappa shape index (κ2) is 6.96. The molecule has 0 spiro atoms. The number of aryl methyl sites for hydroxylation is 1. The first-order valence-electron chi connectivity index (χ1n) is 8.15. The zero-order valence-electron chi connectivity index (χ0n) is 13.8. The van der Waals surface area contributed by atoms with Gasteiger partial charge in [0.15, 0.2) is 0 Å². The van der Waals surface area contributed by atoms with Gasteiger partial charge in [0.25, 0.3) is 0 Å². The van der Waals surface area contributed by atoms with Crippen molar-refractivity contribution in [3.05, 3.63) is 53.3 Å². The molecular formula is C18H24N4O. The quantitative estimate of drug-likeness (QED) is 0.916. The Morgan fingerprint density at radius 3 is 2.83 bits per heavy atom. The minimum Gasteiger partial charge on any atom is -0.351 e. The van der Waals surface area contributed by atoms with Gasteiger partial charge >= 0.3 is 0 Å². The van der Waals surface area contributed by atoms with Gasteiger partial charge in [0.2, 0.25) is 5.91 Å². The van der Waals surface area contributed by atoms with Crippen molar-refractivity contribution >= 4 is 5.91 Å². The summed E-state index contributed by atoms with van der Waals surface area (Å²) < 4.78 is 1.83. The molecule has 3 rings (SSSR count). The van der Waals surface area contributed by atoms with E-state index < -0.39 is 0 Å². The third-order valence-corrected chi connectivity index (χ3v) is 4.72. The first-order valence-corrected chi connectivity index (χ1v) is 8.15. The summed E-state index contributed by atoms with van der Waals surface area (Å²) in [5.74, 6) is 0.631. The van der Waals surface area contributed by atoms with E-state index in [0.29, 0.717) is 19.0 Å². The molecule has 1 N–H and O–H groups in total. The molecule has 1 aromatic carbocycles. The van der Waals surface area contributed by atoms with Gasteiger partial charge in [0, 0.05) is 31.4 Å². The molecule has 0 radical (unpaired) electrons. The predicted molar refractivity (Wildman–Crippen MR) is 90.0 cm³/mol. The molecule has 0 aliphatic carbocycles. The van der Waals surface area contributed by atoms with Crippen molar-refractivity contribution in [3.8, 4) is 0 Å². The molecular weight excluding hydrogens is 288 g/mol. The minimum atomic E-state index is 0.0852. The van der Waals surface area contributed by atoms with Crippen LogP contribution in [0.3, 0.4) is 0 Å². The van der Waals surface area contributed by atoms with Gasteiger partial charge < -0.3 is 5.32 Å². The Balaban J connectivity index is 1.47. The Hall–Kier alpha value is -2.14. The average molecular weight is 312 g/mol. The summed E-state index contributed by atoms with van der Waals surface area (Å²) in [6.07, 6.45) is 2.94. The van der Waals surface area contributed by atoms with Gasteiger partial charge in [-0.15, -0.1) is 0 Å². The second-order valence-electron chi connectivity index (χ2n) is 6.29. The summed E-state index contributed by atoms with van der Waals surface area (Å²) in [6.45, 7) is 4.98. The predicted octanol–water partition coefficient (Wildman–Crippen LogP) is 1.83. The smallest absolute Gasteiger partial charge is 0.234 e. The highest BCUT2D eigenvalue weighted by Crippen LogP contribution is 2.26. The van der Waals surface area contributed by atoms with Crippen LogP contribution in [0.2, 0.25) is 0 Å². The largest absolute Gasteiger partial charge is 0.351 e. The van der Waals surface area contributed by atoms with Crippen LogP contribution in [0.4, 0.5) is 0 Å². The molecule has 1 atom stereocenters. The van der Waals surface area contributed by atoms with Gasteiger partial charge in [0.1, 0.15) is 0 Å². The Kier molecular flexibility index (Phi) is 4.76. The van der Waals surface area contributed by atoms with E-state index in [4.69, 9.17) is 0 Å². The lowest BCUT2D eigenvalue weighted by atomic mass is 9.99. The number of hydrogen-bond donors (Lipinski definition) is 1. The molecule has 1 saturated heterocycles. The standard InChI is InChI=1S/C18H24N4O/c1-14-17(11-20-21(14)2)10-19-18(23)13-22-9-8-16(12-22)15-6-4-3-5-7-15/h3-7,11,16H,8-10,12-13H2,1-2H3,(H,19,23)/t16-/m0/s1. The Bertz CT molecular complexity index is 665. The number of likely N-dealkylation sites (tertiary alicyclic amines) is 1. The first kappa shape index (κ1) is 15.7. The van der Waals surface area contributed by atoms with Gasteiger partial charge in [-0.1, -0.05) is 30.3 Å². The Labute approximate surface area is 137 Å². The monoisotopic (exact) mass is 312 g/mol. The van der Waals surface area contributed by atoms with Crippen LogP contribution in [-0.2, 0) is 18.4 Å². The number of carbonyl (C=O) groups is 1. The molecule has 0 bridgehead atoms. The molecule has 122 valence electrons. The molecule has 1 fully saturated rings. The lowest BCUT2D eigenvalue weighted by Gasteiger charge is -2.16. The van der Waals surface area contributed by atoms with Gasteiger partial charge in [-0.25, -0.2) is 0 Å². The van der Waals surface area contributed by atoms with E-state index in [9.17, 15) is 4.79 Å². The van der Waals surface area contributed by atoms with E-state index in [2.05, 4.69) is 39.6 Å². The minimum absolute atomic E-state index is 0.0852. The van der Waals surface area contributed by atoms with Crippen LogP contribution in [0.5, 0.6) is 0 Å². The van der Waals surface area contributed by atoms with Crippen LogP contribution in [0.1, 0.15) is 29.2 Å². The van der Waals surface area contributed by atoms with E-state index in [-0.39, 0.29) is 5.91 Å². The third kappa shape index (κ3) is 3.79. The maximum absolute atomic E-state index is 12.2. The summed E-state index contributed by atoms with van der Waals surface area (Å²) in [5, 5.41) is 7.20. The van der Waals surface area contributed by atoms with Crippen LogP contribution < -0.4 is 5.32 Å². The third-order valence-electron chi connectivity index (χ3n) is 4.72. The van der Waals surface area contributed by atoms with Crippen LogP contribution in [0.15, 0.2) is 36.5 Å². The maximum Gasteiger partial charge on any atom is 0.234 e. The van der Waals surface area contributed by atoms with Crippen LogP contribution in [0.25, 0.3) is 0 Å². The average Bonchev–Trinajstić information content (AvgIpc) is 3.15. The number of rotatable bonds is 5. The first-order chi connectivity index (χ1) is 11.1. The fraction of sp³-hybridized carbons (Fsp3) is 0.444. The molecule has 2 heterocycles. The molecule has 0 saturated carbocycles. The number of aromatic nitrogens is 2. The van der Waals surface area contributed by atoms with Crippen LogP contribution >= 0.6 is 0 Å². The van der Waals surface area contributed by atoms with E-state index >= 15 is 0 Å². The summed E-state index contributed by atoms with van der Waals surface area (Å²) in [6, 6.07) is 10.6. The number of benzene rings is 1. The number of amides is 1. The van der Waals surface area contributed by atoms with Gasteiger partial charge in [0.05, 0.1) is 12.7 Å². The molecule has 1 aliphatic rings.